The van der Waals surface area contributed by atoms with E-state index in [1.807, 2.05) is 18.2 Å². The third kappa shape index (κ3) is 4.67. The molecule has 0 unspecified atom stereocenters. The second kappa shape index (κ2) is 9.34. The van der Waals surface area contributed by atoms with E-state index in [0.29, 0.717) is 47.2 Å². The molecule has 3 rings (SSSR count). The van der Waals surface area contributed by atoms with E-state index in [-0.39, 0.29) is 17.7 Å². The highest BCUT2D eigenvalue weighted by molar-refractivity contribution is 6.30. The summed E-state index contributed by atoms with van der Waals surface area (Å²) in [4.78, 5) is 42.4. The number of aryl methyl sites for hydroxylation is 1. The van der Waals surface area contributed by atoms with Crippen LogP contribution in [0.4, 0.5) is 0 Å². The van der Waals surface area contributed by atoms with E-state index in [9.17, 15) is 14.4 Å². The molecule has 30 heavy (non-hydrogen) atoms. The predicted octanol–water partition coefficient (Wildman–Crippen LogP) is 3.24. The lowest BCUT2D eigenvalue weighted by Gasteiger charge is -2.32. The molecule has 1 atom stereocenters. The number of hydrogen-bond acceptors (Lipinski definition) is 4. The maximum absolute atomic E-state index is 13.1. The van der Waals surface area contributed by atoms with Crippen LogP contribution in [0.15, 0.2) is 24.3 Å². The third-order valence-corrected chi connectivity index (χ3v) is 5.71. The standard InChI is InChI=1S/C22H26ClN3O4/c1-13-18(22(29)30-3)14(2)25-19(13)21(28)26-9-5-7-16(12-26)20(27)24-11-15-6-4-8-17(23)10-15/h4,6,8,10,16,25H,5,7,9,11-12H2,1-3H3,(H,24,27)/t16-/m0/s1. The average Bonchev–Trinajstić information content (AvgIpc) is 3.05. The minimum Gasteiger partial charge on any atom is -0.465 e. The number of methoxy groups -OCH3 is 1. The van der Waals surface area contributed by atoms with Gasteiger partial charge in [0.15, 0.2) is 0 Å². The first-order valence-corrected chi connectivity index (χ1v) is 10.3. The number of halogens is 1. The normalized spacial score (nSPS) is 16.3. The smallest absolute Gasteiger partial charge is 0.339 e. The lowest BCUT2D eigenvalue weighted by molar-refractivity contribution is -0.126. The van der Waals surface area contributed by atoms with Crippen molar-refractivity contribution in [2.24, 2.45) is 5.92 Å². The largest absolute Gasteiger partial charge is 0.465 e. The van der Waals surface area contributed by atoms with E-state index in [1.54, 1.807) is 24.8 Å². The number of nitrogens with one attached hydrogen (secondary N) is 2. The summed E-state index contributed by atoms with van der Waals surface area (Å²) < 4.78 is 4.81. The van der Waals surface area contributed by atoms with Crippen LogP contribution in [0.25, 0.3) is 0 Å². The Morgan fingerprint density at radius 3 is 2.77 bits per heavy atom. The number of hydrogen-bond donors (Lipinski definition) is 2. The van der Waals surface area contributed by atoms with Gasteiger partial charge in [0.05, 0.1) is 18.6 Å². The van der Waals surface area contributed by atoms with Crippen molar-refractivity contribution in [3.8, 4) is 0 Å². The van der Waals surface area contributed by atoms with E-state index in [1.165, 1.54) is 7.11 Å². The van der Waals surface area contributed by atoms with E-state index >= 15 is 0 Å². The first-order valence-electron chi connectivity index (χ1n) is 9.90. The molecule has 2 heterocycles. The van der Waals surface area contributed by atoms with Crippen molar-refractivity contribution < 1.29 is 19.1 Å². The van der Waals surface area contributed by atoms with Gasteiger partial charge in [-0.1, -0.05) is 23.7 Å². The first-order chi connectivity index (χ1) is 14.3. The number of esters is 1. The van der Waals surface area contributed by atoms with Crippen LogP contribution in [0, 0.1) is 19.8 Å². The van der Waals surface area contributed by atoms with Crippen molar-refractivity contribution in [3.63, 3.8) is 0 Å². The number of aromatic nitrogens is 1. The maximum atomic E-state index is 13.1. The van der Waals surface area contributed by atoms with Crippen molar-refractivity contribution in [1.82, 2.24) is 15.2 Å². The molecular weight excluding hydrogens is 406 g/mol. The van der Waals surface area contributed by atoms with Gasteiger partial charge in [-0.25, -0.2) is 4.79 Å². The average molecular weight is 432 g/mol. The molecule has 1 saturated heterocycles. The Bertz CT molecular complexity index is 969. The molecule has 2 amide bonds. The number of ether oxygens (including phenoxy) is 1. The number of piperidine rings is 1. The molecule has 0 radical (unpaired) electrons. The SMILES string of the molecule is COC(=O)c1c(C)[nH]c(C(=O)N2CCC[C@H](C(=O)NCc3cccc(Cl)c3)C2)c1C. The number of benzene rings is 1. The van der Waals surface area contributed by atoms with Gasteiger partial charge in [-0.05, 0) is 49.9 Å². The van der Waals surface area contributed by atoms with Gasteiger partial charge in [-0.3, -0.25) is 9.59 Å². The third-order valence-electron chi connectivity index (χ3n) is 5.48. The Balaban J connectivity index is 1.66. The molecule has 2 N–H and O–H groups in total. The number of rotatable bonds is 5. The van der Waals surface area contributed by atoms with Gasteiger partial charge in [-0.15, -0.1) is 0 Å². The van der Waals surface area contributed by atoms with Crippen molar-refractivity contribution in [2.45, 2.75) is 33.2 Å². The van der Waals surface area contributed by atoms with Crippen LogP contribution in [0.3, 0.4) is 0 Å². The van der Waals surface area contributed by atoms with E-state index in [0.717, 1.165) is 18.4 Å². The fraction of sp³-hybridized carbons (Fsp3) is 0.409. The Morgan fingerprint density at radius 1 is 1.30 bits per heavy atom. The monoisotopic (exact) mass is 431 g/mol. The van der Waals surface area contributed by atoms with E-state index in [4.69, 9.17) is 16.3 Å². The molecule has 1 fully saturated rings. The second-order valence-corrected chi connectivity index (χ2v) is 7.99. The predicted molar refractivity (Wildman–Crippen MR) is 114 cm³/mol. The van der Waals surface area contributed by atoms with Crippen LogP contribution in [-0.4, -0.2) is 47.9 Å². The fourth-order valence-corrected chi connectivity index (χ4v) is 4.10. The molecule has 0 saturated carbocycles. The fourth-order valence-electron chi connectivity index (χ4n) is 3.89. The number of likely N-dealkylation sites (tertiary alicyclic amines) is 1. The second-order valence-electron chi connectivity index (χ2n) is 7.55. The summed E-state index contributed by atoms with van der Waals surface area (Å²) >= 11 is 5.99. The quantitative estimate of drug-likeness (QED) is 0.711. The number of H-pyrrole nitrogens is 1. The van der Waals surface area contributed by atoms with Gasteiger partial charge in [0.2, 0.25) is 5.91 Å². The van der Waals surface area contributed by atoms with Gasteiger partial charge in [0.25, 0.3) is 5.91 Å². The Labute approximate surface area is 180 Å². The Kier molecular flexibility index (Phi) is 6.82. The van der Waals surface area contributed by atoms with Gasteiger partial charge in [0.1, 0.15) is 5.69 Å². The number of aromatic amines is 1. The lowest BCUT2D eigenvalue weighted by atomic mass is 9.96. The number of amides is 2. The molecule has 1 aliphatic rings. The minimum atomic E-state index is -0.475. The highest BCUT2D eigenvalue weighted by atomic mass is 35.5. The first kappa shape index (κ1) is 21.9. The molecule has 0 aliphatic carbocycles. The summed E-state index contributed by atoms with van der Waals surface area (Å²) in [5.74, 6) is -1.05. The van der Waals surface area contributed by atoms with Crippen LogP contribution < -0.4 is 5.32 Å². The van der Waals surface area contributed by atoms with Crippen LogP contribution in [0.5, 0.6) is 0 Å². The summed E-state index contributed by atoms with van der Waals surface area (Å²) in [6.07, 6.45) is 1.46. The van der Waals surface area contributed by atoms with Crippen molar-refractivity contribution >= 4 is 29.4 Å². The highest BCUT2D eigenvalue weighted by Gasteiger charge is 2.31. The van der Waals surface area contributed by atoms with Crippen molar-refractivity contribution in [3.05, 3.63) is 57.4 Å². The van der Waals surface area contributed by atoms with E-state index in [2.05, 4.69) is 10.3 Å². The van der Waals surface area contributed by atoms with Crippen molar-refractivity contribution in [1.29, 1.82) is 0 Å². The molecule has 7 nitrogen and oxygen atoms in total. The Morgan fingerprint density at radius 2 is 2.07 bits per heavy atom. The molecule has 1 aliphatic heterocycles. The summed E-state index contributed by atoms with van der Waals surface area (Å²) in [6, 6.07) is 7.34. The zero-order valence-corrected chi connectivity index (χ0v) is 18.1. The van der Waals surface area contributed by atoms with Crippen molar-refractivity contribution in [2.75, 3.05) is 20.2 Å². The molecule has 2 aromatic rings. The highest BCUT2D eigenvalue weighted by Crippen LogP contribution is 2.24. The van der Waals surface area contributed by atoms with Crippen LogP contribution in [0.2, 0.25) is 5.02 Å². The summed E-state index contributed by atoms with van der Waals surface area (Å²) in [6.45, 7) is 4.76. The molecule has 1 aromatic heterocycles. The van der Waals surface area contributed by atoms with Gasteiger partial charge in [-0.2, -0.15) is 0 Å². The minimum absolute atomic E-state index is 0.0814. The van der Waals surface area contributed by atoms with Crippen LogP contribution in [0.1, 0.15) is 50.5 Å². The molecule has 0 bridgehead atoms. The summed E-state index contributed by atoms with van der Waals surface area (Å²) in [5.41, 5.74) is 2.83. The van der Waals surface area contributed by atoms with E-state index < -0.39 is 5.97 Å². The topological polar surface area (TPSA) is 91.5 Å². The zero-order chi connectivity index (χ0) is 21.8. The van der Waals surface area contributed by atoms with Gasteiger partial charge < -0.3 is 19.9 Å². The maximum Gasteiger partial charge on any atom is 0.339 e. The molecule has 8 heteroatoms. The number of carbonyl (C=O) groups excluding carboxylic acids is 3. The summed E-state index contributed by atoms with van der Waals surface area (Å²) in [7, 11) is 1.31. The molecule has 160 valence electrons. The van der Waals surface area contributed by atoms with Crippen LogP contribution >= 0.6 is 11.6 Å². The Hall–Kier alpha value is -2.80. The van der Waals surface area contributed by atoms with Gasteiger partial charge >= 0.3 is 5.97 Å². The lowest BCUT2D eigenvalue weighted by Crippen LogP contribution is -2.45. The number of nitrogens with zero attached hydrogens (tertiary/aromatic N) is 1. The molecule has 1 aromatic carbocycles. The molecule has 0 spiro atoms. The molecular formula is C22H26ClN3O4. The zero-order valence-electron chi connectivity index (χ0n) is 17.4. The summed E-state index contributed by atoms with van der Waals surface area (Å²) in [5, 5.41) is 3.56. The van der Waals surface area contributed by atoms with Gasteiger partial charge in [0, 0.05) is 30.4 Å². The van der Waals surface area contributed by atoms with Crippen LogP contribution in [-0.2, 0) is 16.1 Å². The number of carbonyl (C=O) groups is 3.